The number of nitrogen functional groups attached to an aromatic ring is 1. The predicted octanol–water partition coefficient (Wildman–Crippen LogP) is 6.89. The molecule has 0 saturated carbocycles. The van der Waals surface area contributed by atoms with Gasteiger partial charge in [-0.25, -0.2) is 4.98 Å². The van der Waals surface area contributed by atoms with Crippen LogP contribution < -0.4 is 10.6 Å². The summed E-state index contributed by atoms with van der Waals surface area (Å²) in [5.74, 6) is 1.38. The van der Waals surface area contributed by atoms with E-state index >= 15 is 0 Å². The molecule has 0 atom stereocenters. The molecule has 55 heavy (non-hydrogen) atoms. The summed E-state index contributed by atoms with van der Waals surface area (Å²) in [5, 5.41) is 10.4. The summed E-state index contributed by atoms with van der Waals surface area (Å²) in [5.41, 5.74) is 14.8. The molecule has 9 rings (SSSR count). The maximum atomic E-state index is 10.4. The van der Waals surface area contributed by atoms with Crippen molar-refractivity contribution < 1.29 is 4.92 Å². The molecule has 0 radical (unpaired) electrons. The Morgan fingerprint density at radius 1 is 0.727 bits per heavy atom. The zero-order valence-corrected chi connectivity index (χ0v) is 32.2. The Hall–Kier alpha value is -5.74. The molecule has 9 heterocycles. The predicted molar refractivity (Wildman–Crippen MR) is 224 cm³/mol. The molecule has 0 amide bonds. The quantitative estimate of drug-likeness (QED) is 0.0673. The molecule has 1 aliphatic heterocycles. The van der Waals surface area contributed by atoms with Gasteiger partial charge in [-0.15, -0.1) is 23.2 Å². The molecule has 1 fully saturated rings. The summed E-state index contributed by atoms with van der Waals surface area (Å²) in [6.07, 6.45) is 14.0. The Bertz CT molecular complexity index is 2310. The number of fused-ring (bicyclic) bond motifs is 4. The Balaban J connectivity index is 0.000000135. The van der Waals surface area contributed by atoms with Crippen LogP contribution in [0, 0.1) is 10.1 Å². The molecule has 8 aromatic heterocycles. The van der Waals surface area contributed by atoms with Crippen LogP contribution in [0.4, 0.5) is 17.1 Å². The van der Waals surface area contributed by atoms with Gasteiger partial charge in [0.25, 0.3) is 0 Å². The molecule has 1 aliphatic rings. The normalized spacial score (nSPS) is 12.6. The number of piperazine rings is 1. The van der Waals surface area contributed by atoms with E-state index in [0.717, 1.165) is 72.4 Å². The number of nitro groups is 1. The van der Waals surface area contributed by atoms with E-state index in [-0.39, 0.29) is 5.69 Å². The fraction of sp³-hybridized carbons (Fsp3) is 0.263. The molecule has 6 N–H and O–H groups in total. The lowest BCUT2D eigenvalue weighted by atomic mass is 10.3. The van der Waals surface area contributed by atoms with Gasteiger partial charge in [0, 0.05) is 94.4 Å². The second-order valence-electron chi connectivity index (χ2n) is 12.4. The lowest BCUT2D eigenvalue weighted by Crippen LogP contribution is -2.44. The first kappa shape index (κ1) is 40.4. The first-order valence-electron chi connectivity index (χ1n) is 17.6. The smallest absolute Gasteiger partial charge is 0.312 e. The molecular weight excluding hydrogens is 741 g/mol. The molecule has 288 valence electrons. The van der Waals surface area contributed by atoms with Crippen LogP contribution in [0.15, 0.2) is 104 Å². The van der Waals surface area contributed by atoms with Gasteiger partial charge in [0.15, 0.2) is 5.52 Å². The van der Waals surface area contributed by atoms with Crippen LogP contribution >= 0.6 is 23.2 Å². The number of halogens is 2. The second kappa shape index (κ2) is 20.6. The molecule has 15 nitrogen and oxygen atoms in total. The van der Waals surface area contributed by atoms with E-state index in [9.17, 15) is 10.1 Å². The number of hydrogen-bond acceptors (Lipinski definition) is 10. The van der Waals surface area contributed by atoms with E-state index in [0.29, 0.717) is 28.5 Å². The topological polar surface area (TPSA) is 194 Å². The van der Waals surface area contributed by atoms with Crippen molar-refractivity contribution in [3.8, 4) is 0 Å². The lowest BCUT2D eigenvalue weighted by molar-refractivity contribution is -0.383. The van der Waals surface area contributed by atoms with E-state index in [1.165, 1.54) is 18.1 Å². The first-order chi connectivity index (χ1) is 26.8. The fourth-order valence-corrected chi connectivity index (χ4v) is 6.14. The monoisotopic (exact) mass is 785 g/mol. The minimum atomic E-state index is -0.453. The third-order valence-electron chi connectivity index (χ3n) is 8.59. The van der Waals surface area contributed by atoms with Gasteiger partial charge < -0.3 is 40.4 Å². The number of hydrogen-bond donors (Lipinski definition) is 5. The van der Waals surface area contributed by atoms with E-state index in [2.05, 4.69) is 73.9 Å². The van der Waals surface area contributed by atoms with Gasteiger partial charge in [-0.1, -0.05) is 0 Å². The molecule has 0 aromatic carbocycles. The summed E-state index contributed by atoms with van der Waals surface area (Å²) in [6, 6.07) is 17.2. The number of alkyl halides is 2. The van der Waals surface area contributed by atoms with Crippen molar-refractivity contribution in [2.24, 2.45) is 0 Å². The van der Waals surface area contributed by atoms with E-state index < -0.39 is 4.92 Å². The molecule has 0 unspecified atom stereocenters. The Morgan fingerprint density at radius 2 is 1.25 bits per heavy atom. The third-order valence-corrected chi connectivity index (χ3v) is 8.92. The lowest BCUT2D eigenvalue weighted by Gasteiger charge is -2.33. The molecule has 0 aliphatic carbocycles. The molecule has 8 aromatic rings. The second-order valence-corrected chi connectivity index (χ2v) is 13.2. The fourth-order valence-electron chi connectivity index (χ4n) is 5.57. The maximum Gasteiger partial charge on any atom is 0.312 e. The van der Waals surface area contributed by atoms with E-state index in [4.69, 9.17) is 28.9 Å². The van der Waals surface area contributed by atoms with Crippen LogP contribution in [0.3, 0.4) is 0 Å². The number of aromatic nitrogens is 8. The van der Waals surface area contributed by atoms with Crippen molar-refractivity contribution in [2.45, 2.75) is 0 Å². The van der Waals surface area contributed by atoms with Gasteiger partial charge in [-0.05, 0) is 68.7 Å². The zero-order valence-electron chi connectivity index (χ0n) is 30.7. The highest BCUT2D eigenvalue weighted by molar-refractivity contribution is 6.18. The standard InChI is InChI=1S/C12H16N4.C7H5N3O2.C7H7N3.C7H6N2.C5H11Cl2N/c1-15-5-7-16(8-6-15)11-9-14-10-3-2-4-13-12(10)11;11-10(12)6-4-9-5-2-1-3-8-7(5)6;8-5-4-10-6-2-1-3-9-7(5)6;1-2-6-7(8-4-1)3-5-9-6;1-8(4-2-6)5-3-7/h2-4,9,14H,5-8H2,1H3;1-4,9H;1-4,10H,8H2;1-5,9H;2-5H2,1H3. The average Bonchev–Trinajstić information content (AvgIpc) is 4.03. The van der Waals surface area contributed by atoms with Gasteiger partial charge in [0.2, 0.25) is 0 Å². The Labute approximate surface area is 328 Å². The number of likely N-dealkylation sites (N-methyl/N-ethyl adjacent to an activating group) is 1. The molecule has 0 bridgehead atoms. The number of rotatable bonds is 6. The Kier molecular flexibility index (Phi) is 15.2. The molecule has 0 spiro atoms. The van der Waals surface area contributed by atoms with Crippen molar-refractivity contribution >= 4 is 84.4 Å². The average molecular weight is 787 g/mol. The summed E-state index contributed by atoms with van der Waals surface area (Å²) in [4.78, 5) is 45.5. The summed E-state index contributed by atoms with van der Waals surface area (Å²) in [6.45, 7) is 6.27. The largest absolute Gasteiger partial charge is 0.396 e. The maximum absolute atomic E-state index is 10.4. The van der Waals surface area contributed by atoms with Crippen LogP contribution in [0.1, 0.15) is 0 Å². The number of nitrogens with one attached hydrogen (secondary N) is 4. The number of nitrogens with zero attached hydrogens (tertiary/aromatic N) is 8. The highest BCUT2D eigenvalue weighted by atomic mass is 35.5. The number of aromatic amines is 4. The minimum absolute atomic E-state index is 0.0191. The van der Waals surface area contributed by atoms with Gasteiger partial charge in [0.05, 0.1) is 50.1 Å². The van der Waals surface area contributed by atoms with Crippen molar-refractivity contribution in [1.29, 1.82) is 0 Å². The summed E-state index contributed by atoms with van der Waals surface area (Å²) >= 11 is 10.9. The van der Waals surface area contributed by atoms with Gasteiger partial charge in [0.1, 0.15) is 11.0 Å². The van der Waals surface area contributed by atoms with Crippen molar-refractivity contribution in [1.82, 2.24) is 49.7 Å². The van der Waals surface area contributed by atoms with Gasteiger partial charge in [-0.2, -0.15) is 0 Å². The highest BCUT2D eigenvalue weighted by Gasteiger charge is 2.17. The summed E-state index contributed by atoms with van der Waals surface area (Å²) in [7, 11) is 4.18. The molecule has 17 heteroatoms. The number of pyridine rings is 4. The molecule has 1 saturated heterocycles. The number of anilines is 2. The minimum Gasteiger partial charge on any atom is -0.396 e. The van der Waals surface area contributed by atoms with Gasteiger partial charge >= 0.3 is 5.69 Å². The summed E-state index contributed by atoms with van der Waals surface area (Å²) < 4.78 is 0. The third kappa shape index (κ3) is 11.4. The van der Waals surface area contributed by atoms with Crippen LogP contribution in [0.25, 0.3) is 44.1 Å². The highest BCUT2D eigenvalue weighted by Crippen LogP contribution is 2.25. The van der Waals surface area contributed by atoms with Crippen LogP contribution in [0.5, 0.6) is 0 Å². The first-order valence-corrected chi connectivity index (χ1v) is 18.6. The van der Waals surface area contributed by atoms with Crippen molar-refractivity contribution in [2.75, 3.05) is 75.8 Å². The number of nitrogens with two attached hydrogens (primary N) is 1. The number of H-pyrrole nitrogens is 4. The van der Waals surface area contributed by atoms with Crippen LogP contribution in [-0.2, 0) is 0 Å². The van der Waals surface area contributed by atoms with E-state index in [1.807, 2.05) is 55.8 Å². The SMILES string of the molecule is CN(CCCl)CCCl.CN1CCN(c2c[nH]c3cccnc23)CC1.Nc1c[nH]c2cccnc12.O=[N+]([O-])c1c[nH]c2cccnc12.c1cnc2cc[nH]c2c1. The molecular formula is C38H45Cl2N13O2. The van der Waals surface area contributed by atoms with Crippen LogP contribution in [-0.4, -0.2) is 120 Å². The van der Waals surface area contributed by atoms with Crippen LogP contribution in [0.2, 0.25) is 0 Å². The van der Waals surface area contributed by atoms with Crippen molar-refractivity contribution in [3.63, 3.8) is 0 Å². The Morgan fingerprint density at radius 3 is 1.85 bits per heavy atom. The zero-order chi connectivity index (χ0) is 39.0. The van der Waals surface area contributed by atoms with Gasteiger partial charge in [-0.3, -0.25) is 25.1 Å². The van der Waals surface area contributed by atoms with E-state index in [1.54, 1.807) is 30.7 Å². The van der Waals surface area contributed by atoms with Crippen molar-refractivity contribution in [3.05, 3.63) is 114 Å².